The molecule has 1 heterocycles. The maximum atomic E-state index is 6.56. The molecule has 0 N–H and O–H groups in total. The van der Waals surface area contributed by atoms with Crippen LogP contribution in [0, 0.1) is 0 Å². The van der Waals surface area contributed by atoms with Gasteiger partial charge in [-0.2, -0.15) is 0 Å². The Morgan fingerprint density at radius 1 is 0.476 bits per heavy atom. The molecule has 0 fully saturated rings. The van der Waals surface area contributed by atoms with Gasteiger partial charge in [-0.25, -0.2) is 0 Å². The average molecular weight is 544 g/mol. The first-order chi connectivity index (χ1) is 20.5. The van der Waals surface area contributed by atoms with Gasteiger partial charge in [0.2, 0.25) is 0 Å². The zero-order valence-corrected chi connectivity index (χ0v) is 24.2. The van der Waals surface area contributed by atoms with E-state index < -0.39 is 0 Å². The molecule has 7 rings (SSSR count). The van der Waals surface area contributed by atoms with Crippen LogP contribution in [0.4, 0.5) is 17.1 Å². The van der Waals surface area contributed by atoms with Crippen molar-refractivity contribution in [2.75, 3.05) is 4.90 Å². The maximum absolute atomic E-state index is 6.56. The molecular formula is C40H33NO. The first kappa shape index (κ1) is 25.9. The largest absolute Gasteiger partial charge is 0.456 e. The molecule has 0 aliphatic carbocycles. The predicted molar refractivity (Wildman–Crippen MR) is 178 cm³/mol. The highest BCUT2D eigenvalue weighted by Crippen LogP contribution is 2.43. The third-order valence-electron chi connectivity index (χ3n) is 7.94. The van der Waals surface area contributed by atoms with E-state index >= 15 is 0 Å². The second kappa shape index (κ2) is 10.4. The first-order valence-electron chi connectivity index (χ1n) is 14.5. The van der Waals surface area contributed by atoms with E-state index in [9.17, 15) is 0 Å². The van der Waals surface area contributed by atoms with Crippen LogP contribution in [0.25, 0.3) is 44.2 Å². The quantitative estimate of drug-likeness (QED) is 0.215. The standard InChI is InChI=1S/C40H33NO/c1-40(2,3)38-36-18-9-10-19-37(36)42-39(38)32-16-11-17-34(27-32)41(35-25-22-29-14-7-8-15-31(29)26-35)33-23-20-30(21-24-33)28-12-5-4-6-13-28/h4-27H,1-3H3. The van der Waals surface area contributed by atoms with E-state index in [-0.39, 0.29) is 5.41 Å². The molecule has 0 radical (unpaired) electrons. The monoisotopic (exact) mass is 543 g/mol. The summed E-state index contributed by atoms with van der Waals surface area (Å²) >= 11 is 0. The Morgan fingerprint density at radius 2 is 1.10 bits per heavy atom. The van der Waals surface area contributed by atoms with Crippen LogP contribution < -0.4 is 4.90 Å². The highest BCUT2D eigenvalue weighted by Gasteiger charge is 2.26. The van der Waals surface area contributed by atoms with Gasteiger partial charge in [0.25, 0.3) is 0 Å². The summed E-state index contributed by atoms with van der Waals surface area (Å²) in [5.41, 5.74) is 8.85. The topological polar surface area (TPSA) is 16.4 Å². The van der Waals surface area contributed by atoms with Gasteiger partial charge < -0.3 is 9.32 Å². The Bertz CT molecular complexity index is 2010. The van der Waals surface area contributed by atoms with Gasteiger partial charge in [-0.15, -0.1) is 0 Å². The van der Waals surface area contributed by atoms with Crippen LogP contribution in [0.15, 0.2) is 150 Å². The van der Waals surface area contributed by atoms with Crippen molar-refractivity contribution in [2.24, 2.45) is 0 Å². The minimum atomic E-state index is -0.0801. The molecule has 0 atom stereocenters. The molecule has 0 aliphatic rings. The number of hydrogen-bond acceptors (Lipinski definition) is 2. The molecule has 0 aliphatic heterocycles. The molecule has 0 amide bonds. The second-order valence-corrected chi connectivity index (χ2v) is 11.9. The van der Waals surface area contributed by atoms with Gasteiger partial charge in [-0.1, -0.05) is 124 Å². The SMILES string of the molecule is CC(C)(C)c1c(-c2cccc(N(c3ccc(-c4ccccc4)cc3)c3ccc4ccccc4c3)c2)oc2ccccc12. The second-order valence-electron chi connectivity index (χ2n) is 11.9. The van der Waals surface area contributed by atoms with Crippen LogP contribution in [0.5, 0.6) is 0 Å². The van der Waals surface area contributed by atoms with Gasteiger partial charge >= 0.3 is 0 Å². The fourth-order valence-electron chi connectivity index (χ4n) is 5.98. The van der Waals surface area contributed by atoms with E-state index in [2.05, 4.69) is 165 Å². The molecule has 0 spiro atoms. The third-order valence-corrected chi connectivity index (χ3v) is 7.94. The van der Waals surface area contributed by atoms with Crippen LogP contribution in [-0.2, 0) is 5.41 Å². The van der Waals surface area contributed by atoms with Gasteiger partial charge in [-0.3, -0.25) is 0 Å². The zero-order chi connectivity index (χ0) is 28.7. The molecule has 0 saturated carbocycles. The Morgan fingerprint density at radius 3 is 1.88 bits per heavy atom. The van der Waals surface area contributed by atoms with Crippen molar-refractivity contribution < 1.29 is 4.42 Å². The molecule has 0 saturated heterocycles. The van der Waals surface area contributed by atoms with Crippen LogP contribution in [0.3, 0.4) is 0 Å². The van der Waals surface area contributed by atoms with E-state index in [0.717, 1.165) is 34.0 Å². The first-order valence-corrected chi connectivity index (χ1v) is 14.5. The lowest BCUT2D eigenvalue weighted by molar-refractivity contribution is 0.568. The average Bonchev–Trinajstić information content (AvgIpc) is 3.43. The summed E-state index contributed by atoms with van der Waals surface area (Å²) in [4.78, 5) is 2.34. The van der Waals surface area contributed by atoms with Gasteiger partial charge in [0.05, 0.1) is 0 Å². The van der Waals surface area contributed by atoms with Crippen molar-refractivity contribution >= 4 is 38.8 Å². The number of anilines is 3. The fourth-order valence-corrected chi connectivity index (χ4v) is 5.98. The third kappa shape index (κ3) is 4.76. The van der Waals surface area contributed by atoms with Crippen molar-refractivity contribution in [3.8, 4) is 22.5 Å². The van der Waals surface area contributed by atoms with Crippen LogP contribution in [-0.4, -0.2) is 0 Å². The minimum absolute atomic E-state index is 0.0801. The number of furan rings is 1. The molecule has 0 unspecified atom stereocenters. The minimum Gasteiger partial charge on any atom is -0.456 e. The molecular weight excluding hydrogens is 510 g/mol. The number of para-hydroxylation sites is 1. The highest BCUT2D eigenvalue weighted by molar-refractivity contribution is 5.92. The number of nitrogens with zero attached hydrogens (tertiary/aromatic N) is 1. The molecule has 204 valence electrons. The Hall–Kier alpha value is -5.08. The lowest BCUT2D eigenvalue weighted by atomic mass is 9.83. The zero-order valence-electron chi connectivity index (χ0n) is 24.2. The van der Waals surface area contributed by atoms with Crippen molar-refractivity contribution in [1.82, 2.24) is 0 Å². The van der Waals surface area contributed by atoms with E-state index in [1.807, 2.05) is 6.07 Å². The molecule has 2 nitrogen and oxygen atoms in total. The fraction of sp³-hybridized carbons (Fsp3) is 0.100. The van der Waals surface area contributed by atoms with Crippen molar-refractivity contribution in [1.29, 1.82) is 0 Å². The molecule has 42 heavy (non-hydrogen) atoms. The van der Waals surface area contributed by atoms with Crippen molar-refractivity contribution in [3.63, 3.8) is 0 Å². The Kier molecular flexibility index (Phi) is 6.40. The lowest BCUT2D eigenvalue weighted by Crippen LogP contribution is -2.12. The number of benzene rings is 6. The summed E-state index contributed by atoms with van der Waals surface area (Å²) in [5, 5.41) is 3.61. The van der Waals surface area contributed by atoms with E-state index in [4.69, 9.17) is 4.42 Å². The van der Waals surface area contributed by atoms with E-state index in [0.29, 0.717) is 0 Å². The molecule has 2 heteroatoms. The Labute approximate surface area is 247 Å². The summed E-state index contributed by atoms with van der Waals surface area (Å²) in [6.07, 6.45) is 0. The predicted octanol–water partition coefficient (Wildman–Crippen LogP) is 11.7. The van der Waals surface area contributed by atoms with Gasteiger partial charge in [0, 0.05) is 33.6 Å². The molecule has 1 aromatic heterocycles. The number of rotatable bonds is 5. The van der Waals surface area contributed by atoms with Gasteiger partial charge in [0.1, 0.15) is 11.3 Å². The number of fused-ring (bicyclic) bond motifs is 2. The summed E-state index contributed by atoms with van der Waals surface area (Å²) < 4.78 is 6.56. The van der Waals surface area contributed by atoms with E-state index in [1.54, 1.807) is 0 Å². The van der Waals surface area contributed by atoms with Crippen molar-refractivity contribution in [3.05, 3.63) is 151 Å². The Balaban J connectivity index is 1.39. The summed E-state index contributed by atoms with van der Waals surface area (Å²) in [6, 6.07) is 51.7. The van der Waals surface area contributed by atoms with Gasteiger partial charge in [0.15, 0.2) is 0 Å². The van der Waals surface area contributed by atoms with Crippen molar-refractivity contribution in [2.45, 2.75) is 26.2 Å². The normalized spacial score (nSPS) is 11.7. The van der Waals surface area contributed by atoms with Crippen LogP contribution in [0.1, 0.15) is 26.3 Å². The smallest absolute Gasteiger partial charge is 0.139 e. The summed E-state index contributed by atoms with van der Waals surface area (Å²) in [6.45, 7) is 6.77. The van der Waals surface area contributed by atoms with Crippen LogP contribution in [0.2, 0.25) is 0 Å². The van der Waals surface area contributed by atoms with Gasteiger partial charge in [-0.05, 0) is 69.8 Å². The van der Waals surface area contributed by atoms with Crippen LogP contribution >= 0.6 is 0 Å². The number of hydrogen-bond donors (Lipinski definition) is 0. The molecule has 0 bridgehead atoms. The summed E-state index contributed by atoms with van der Waals surface area (Å²) in [5.74, 6) is 0.934. The highest BCUT2D eigenvalue weighted by atomic mass is 16.3. The lowest BCUT2D eigenvalue weighted by Gasteiger charge is -2.27. The maximum Gasteiger partial charge on any atom is 0.139 e. The molecule has 7 aromatic rings. The molecule has 6 aromatic carbocycles. The summed E-state index contributed by atoms with van der Waals surface area (Å²) in [7, 11) is 0. The van der Waals surface area contributed by atoms with E-state index in [1.165, 1.54) is 32.8 Å².